The second-order valence-electron chi connectivity index (χ2n) is 6.34. The fourth-order valence-corrected chi connectivity index (χ4v) is 2.15. The lowest BCUT2D eigenvalue weighted by molar-refractivity contribution is -0.199. The highest BCUT2D eigenvalue weighted by Gasteiger charge is 2.64. The van der Waals surface area contributed by atoms with Gasteiger partial charge in [-0.3, -0.25) is 4.79 Å². The van der Waals surface area contributed by atoms with Crippen molar-refractivity contribution >= 4 is 5.97 Å². The Labute approximate surface area is 104 Å². The Bertz CT molecular complexity index is 306. The highest BCUT2D eigenvalue weighted by atomic mass is 16.6. The Kier molecular flexibility index (Phi) is 3.61. The molecule has 4 nitrogen and oxygen atoms in total. The Morgan fingerprint density at radius 1 is 1.41 bits per heavy atom. The van der Waals surface area contributed by atoms with Gasteiger partial charge in [0.2, 0.25) is 0 Å². The zero-order valence-electron chi connectivity index (χ0n) is 11.8. The van der Waals surface area contributed by atoms with E-state index in [2.05, 4.69) is 0 Å². The Balaban J connectivity index is 2.75. The first-order chi connectivity index (χ1) is 7.54. The number of nitrogens with two attached hydrogens (primary N) is 1. The minimum atomic E-state index is -0.930. The van der Waals surface area contributed by atoms with Crippen molar-refractivity contribution in [1.82, 2.24) is 0 Å². The molecular weight excluding hydrogens is 218 g/mol. The minimum absolute atomic E-state index is 0.0324. The molecule has 1 aliphatic carbocycles. The monoisotopic (exact) mass is 243 g/mol. The van der Waals surface area contributed by atoms with Crippen molar-refractivity contribution in [2.24, 2.45) is 11.1 Å². The summed E-state index contributed by atoms with van der Waals surface area (Å²) in [5.41, 5.74) is 4.38. The summed E-state index contributed by atoms with van der Waals surface area (Å²) in [6.45, 7) is 12.0. The van der Waals surface area contributed by atoms with E-state index >= 15 is 0 Å². The summed E-state index contributed by atoms with van der Waals surface area (Å²) in [5.74, 6) is -0.328. The maximum atomic E-state index is 12.1. The maximum absolute atomic E-state index is 12.1. The number of carbonyl (C=O) groups is 1. The first kappa shape index (κ1) is 14.5. The molecule has 2 N–H and O–H groups in total. The van der Waals surface area contributed by atoms with Crippen LogP contribution in [0.2, 0.25) is 0 Å². The quantitative estimate of drug-likeness (QED) is 0.769. The van der Waals surface area contributed by atoms with E-state index < -0.39 is 11.1 Å². The number of rotatable bonds is 3. The average Bonchev–Trinajstić information content (AvgIpc) is 2.14. The zero-order chi connectivity index (χ0) is 13.5. The van der Waals surface area contributed by atoms with E-state index in [1.54, 1.807) is 0 Å². The average molecular weight is 243 g/mol. The van der Waals surface area contributed by atoms with Gasteiger partial charge < -0.3 is 15.2 Å². The molecule has 1 saturated carbocycles. The van der Waals surface area contributed by atoms with Crippen LogP contribution in [0, 0.1) is 5.41 Å². The summed E-state index contributed by atoms with van der Waals surface area (Å²) in [7, 11) is 0. The maximum Gasteiger partial charge on any atom is 0.327 e. The van der Waals surface area contributed by atoms with E-state index in [0.29, 0.717) is 13.0 Å². The van der Waals surface area contributed by atoms with Gasteiger partial charge in [-0.25, -0.2) is 0 Å². The number of hydrogen-bond acceptors (Lipinski definition) is 4. The van der Waals surface area contributed by atoms with E-state index in [9.17, 15) is 4.79 Å². The van der Waals surface area contributed by atoms with E-state index in [4.69, 9.17) is 15.2 Å². The summed E-state index contributed by atoms with van der Waals surface area (Å²) in [6.07, 6.45) is 0.563. The van der Waals surface area contributed by atoms with Crippen molar-refractivity contribution in [2.75, 3.05) is 6.61 Å². The summed E-state index contributed by atoms with van der Waals surface area (Å²) < 4.78 is 11.0. The van der Waals surface area contributed by atoms with Gasteiger partial charge >= 0.3 is 5.97 Å². The van der Waals surface area contributed by atoms with Gasteiger partial charge in [0.25, 0.3) is 0 Å². The molecule has 0 aromatic rings. The molecule has 4 heteroatoms. The van der Waals surface area contributed by atoms with Crippen LogP contribution >= 0.6 is 0 Å². The summed E-state index contributed by atoms with van der Waals surface area (Å²) >= 11 is 0. The molecule has 0 amide bonds. The van der Waals surface area contributed by atoms with Gasteiger partial charge in [-0.2, -0.15) is 0 Å². The summed E-state index contributed by atoms with van der Waals surface area (Å²) in [6, 6.07) is 0. The van der Waals surface area contributed by atoms with Crippen LogP contribution in [-0.2, 0) is 14.3 Å². The Morgan fingerprint density at radius 2 is 1.94 bits per heavy atom. The number of carbonyl (C=O) groups excluding carboxylic acids is 1. The molecule has 0 aromatic heterocycles. The lowest BCUT2D eigenvalue weighted by Gasteiger charge is -2.57. The normalized spacial score (nSPS) is 31.8. The molecule has 2 atom stereocenters. The van der Waals surface area contributed by atoms with Gasteiger partial charge in [0.1, 0.15) is 11.1 Å². The molecule has 1 rings (SSSR count). The van der Waals surface area contributed by atoms with Crippen LogP contribution in [0.5, 0.6) is 0 Å². The third-order valence-electron chi connectivity index (χ3n) is 3.59. The topological polar surface area (TPSA) is 61.5 Å². The van der Waals surface area contributed by atoms with Gasteiger partial charge in [0.05, 0.1) is 6.10 Å². The molecule has 17 heavy (non-hydrogen) atoms. The van der Waals surface area contributed by atoms with Crippen molar-refractivity contribution in [2.45, 2.75) is 65.2 Å². The lowest BCUT2D eigenvalue weighted by Crippen LogP contribution is -2.74. The standard InChI is InChI=1S/C13H25NO3/c1-7-16-9-8-13(14,12(9,5)6)10(15)17-11(2,3)4/h9H,7-8,14H2,1-6H3/t9-,13-/m1/s1. The van der Waals surface area contributed by atoms with Crippen LogP contribution in [0.4, 0.5) is 0 Å². The Hall–Kier alpha value is -0.610. The van der Waals surface area contributed by atoms with Gasteiger partial charge in [-0.15, -0.1) is 0 Å². The molecule has 0 heterocycles. The first-order valence-corrected chi connectivity index (χ1v) is 6.18. The van der Waals surface area contributed by atoms with Crippen LogP contribution < -0.4 is 5.73 Å². The van der Waals surface area contributed by atoms with Crippen LogP contribution in [0.15, 0.2) is 0 Å². The lowest BCUT2D eigenvalue weighted by atomic mass is 9.54. The van der Waals surface area contributed by atoms with Crippen molar-refractivity contribution in [3.05, 3.63) is 0 Å². The molecule has 0 saturated heterocycles. The molecular formula is C13H25NO3. The number of hydrogen-bond donors (Lipinski definition) is 1. The van der Waals surface area contributed by atoms with Gasteiger partial charge in [-0.05, 0) is 27.7 Å². The van der Waals surface area contributed by atoms with E-state index in [1.165, 1.54) is 0 Å². The van der Waals surface area contributed by atoms with E-state index in [1.807, 2.05) is 41.5 Å². The third-order valence-corrected chi connectivity index (χ3v) is 3.59. The van der Waals surface area contributed by atoms with Crippen molar-refractivity contribution < 1.29 is 14.3 Å². The van der Waals surface area contributed by atoms with Crippen molar-refractivity contribution in [3.63, 3.8) is 0 Å². The second-order valence-corrected chi connectivity index (χ2v) is 6.34. The highest BCUT2D eigenvalue weighted by molar-refractivity contribution is 5.84. The number of esters is 1. The smallest absolute Gasteiger partial charge is 0.327 e. The first-order valence-electron chi connectivity index (χ1n) is 6.18. The fourth-order valence-electron chi connectivity index (χ4n) is 2.15. The number of ether oxygens (including phenoxy) is 2. The second kappa shape index (κ2) is 4.25. The third kappa shape index (κ3) is 2.47. The minimum Gasteiger partial charge on any atom is -0.459 e. The van der Waals surface area contributed by atoms with Crippen molar-refractivity contribution in [3.8, 4) is 0 Å². The summed E-state index contributed by atoms with van der Waals surface area (Å²) in [4.78, 5) is 12.1. The fraction of sp³-hybridized carbons (Fsp3) is 0.923. The van der Waals surface area contributed by atoms with Gasteiger partial charge in [-0.1, -0.05) is 13.8 Å². The molecule has 0 aromatic carbocycles. The summed E-state index contributed by atoms with van der Waals surface area (Å²) in [5, 5.41) is 0. The molecule has 0 aliphatic heterocycles. The predicted octanol–water partition coefficient (Wildman–Crippen LogP) is 1.86. The van der Waals surface area contributed by atoms with Crippen LogP contribution in [0.3, 0.4) is 0 Å². The zero-order valence-corrected chi connectivity index (χ0v) is 11.8. The molecule has 0 spiro atoms. The molecule has 1 aliphatic rings. The molecule has 1 fully saturated rings. The van der Waals surface area contributed by atoms with Crippen LogP contribution in [-0.4, -0.2) is 29.8 Å². The van der Waals surface area contributed by atoms with E-state index in [-0.39, 0.29) is 17.5 Å². The Morgan fingerprint density at radius 3 is 2.29 bits per heavy atom. The molecule has 100 valence electrons. The molecule has 0 unspecified atom stereocenters. The molecule has 0 radical (unpaired) electrons. The van der Waals surface area contributed by atoms with Crippen molar-refractivity contribution in [1.29, 1.82) is 0 Å². The van der Waals surface area contributed by atoms with Gasteiger partial charge in [0.15, 0.2) is 0 Å². The SMILES string of the molecule is CCO[C@@H]1C[C@@](N)(C(=O)OC(C)(C)C)C1(C)C. The highest BCUT2D eigenvalue weighted by Crippen LogP contribution is 2.50. The van der Waals surface area contributed by atoms with Gasteiger partial charge in [0, 0.05) is 18.4 Å². The molecule has 0 bridgehead atoms. The van der Waals surface area contributed by atoms with Crippen LogP contribution in [0.1, 0.15) is 48.0 Å². The largest absolute Gasteiger partial charge is 0.459 e. The van der Waals surface area contributed by atoms with Crippen LogP contribution in [0.25, 0.3) is 0 Å². The van der Waals surface area contributed by atoms with E-state index in [0.717, 1.165) is 0 Å². The predicted molar refractivity (Wildman–Crippen MR) is 66.6 cm³/mol.